The third kappa shape index (κ3) is 7.71. The fraction of sp³-hybridized carbons (Fsp3) is 0.483. The van der Waals surface area contributed by atoms with Gasteiger partial charge in [-0.15, -0.1) is 0 Å². The summed E-state index contributed by atoms with van der Waals surface area (Å²) in [4.78, 5) is 12.5. The fourth-order valence-electron chi connectivity index (χ4n) is 4.07. The second-order valence-electron chi connectivity index (χ2n) is 11.0. The summed E-state index contributed by atoms with van der Waals surface area (Å²) in [5, 5.41) is 19.3. The monoisotopic (exact) mass is 468 g/mol. The zero-order valence-corrected chi connectivity index (χ0v) is 21.5. The van der Waals surface area contributed by atoms with Crippen molar-refractivity contribution < 1.29 is 24.5 Å². The van der Waals surface area contributed by atoms with Crippen LogP contribution in [-0.2, 0) is 18.0 Å². The maximum absolute atomic E-state index is 12.5. The molecule has 1 atom stereocenters. The zero-order valence-electron chi connectivity index (χ0n) is 21.5. The normalized spacial score (nSPS) is 12.8. The number of hydrogen-bond acceptors (Lipinski definition) is 5. The number of benzene rings is 2. The second kappa shape index (κ2) is 11.7. The molecule has 0 aliphatic rings. The first-order chi connectivity index (χ1) is 15.9. The molecule has 5 nitrogen and oxygen atoms in total. The molecule has 2 N–H and O–H groups in total. The molecule has 34 heavy (non-hydrogen) atoms. The molecule has 0 aliphatic heterocycles. The maximum atomic E-state index is 12.5. The number of ether oxygens (including phenoxy) is 2. The Balaban J connectivity index is 2.01. The van der Waals surface area contributed by atoms with Crippen molar-refractivity contribution in [3.63, 3.8) is 0 Å². The predicted octanol–water partition coefficient (Wildman–Crippen LogP) is 6.12. The van der Waals surface area contributed by atoms with E-state index < -0.39 is 5.97 Å². The highest BCUT2D eigenvalue weighted by atomic mass is 16.6. The zero-order chi connectivity index (χ0) is 25.5. The summed E-state index contributed by atoms with van der Waals surface area (Å²) in [6, 6.07) is 11.2. The van der Waals surface area contributed by atoms with Crippen LogP contribution in [-0.4, -0.2) is 29.4 Å². The molecule has 2 rings (SSSR count). The van der Waals surface area contributed by atoms with Gasteiger partial charge in [-0.25, -0.2) is 4.79 Å². The molecule has 0 bridgehead atoms. The number of aliphatic hydroxyl groups excluding tert-OH is 2. The molecule has 0 saturated carbocycles. The van der Waals surface area contributed by atoms with Gasteiger partial charge in [0, 0.05) is 11.1 Å². The van der Waals surface area contributed by atoms with Gasteiger partial charge in [-0.3, -0.25) is 0 Å². The molecular weight excluding hydrogens is 428 g/mol. The van der Waals surface area contributed by atoms with Crippen LogP contribution in [0.5, 0.6) is 5.75 Å². The number of aliphatic hydroxyl groups is 2. The van der Waals surface area contributed by atoms with Crippen LogP contribution in [0.1, 0.15) is 86.5 Å². The lowest BCUT2D eigenvalue weighted by atomic mass is 9.69. The van der Waals surface area contributed by atoms with Gasteiger partial charge in [0.15, 0.2) is 0 Å². The maximum Gasteiger partial charge on any atom is 0.338 e. The van der Waals surface area contributed by atoms with Gasteiger partial charge < -0.3 is 19.7 Å². The van der Waals surface area contributed by atoms with Gasteiger partial charge in [-0.1, -0.05) is 66.3 Å². The van der Waals surface area contributed by atoms with Crippen molar-refractivity contribution >= 4 is 12.0 Å². The minimum Gasteiger partial charge on any atom is -0.489 e. The highest BCUT2D eigenvalue weighted by Gasteiger charge is 2.30. The fourth-order valence-corrected chi connectivity index (χ4v) is 4.07. The van der Waals surface area contributed by atoms with Crippen LogP contribution >= 0.6 is 0 Å². The van der Waals surface area contributed by atoms with E-state index in [0.29, 0.717) is 28.4 Å². The molecule has 0 amide bonds. The Morgan fingerprint density at radius 3 is 1.97 bits per heavy atom. The second-order valence-corrected chi connectivity index (χ2v) is 11.0. The smallest absolute Gasteiger partial charge is 0.338 e. The van der Waals surface area contributed by atoms with Gasteiger partial charge in [0.1, 0.15) is 19.0 Å². The molecule has 0 radical (unpaired) electrons. The van der Waals surface area contributed by atoms with E-state index in [1.807, 2.05) is 24.3 Å². The lowest BCUT2D eigenvalue weighted by Gasteiger charge is -2.36. The van der Waals surface area contributed by atoms with Crippen molar-refractivity contribution in [3.8, 4) is 5.75 Å². The Morgan fingerprint density at radius 2 is 1.53 bits per heavy atom. The van der Waals surface area contributed by atoms with Crippen LogP contribution in [0.3, 0.4) is 0 Å². The Kier molecular flexibility index (Phi) is 9.48. The summed E-state index contributed by atoms with van der Waals surface area (Å²) in [5.74, 6) is 0.369. The third-order valence-electron chi connectivity index (χ3n) is 5.82. The van der Waals surface area contributed by atoms with Gasteiger partial charge in [0.25, 0.3) is 0 Å². The summed E-state index contributed by atoms with van der Waals surface area (Å²) < 4.78 is 11.1. The van der Waals surface area contributed by atoms with E-state index >= 15 is 0 Å². The van der Waals surface area contributed by atoms with Crippen molar-refractivity contribution in [1.82, 2.24) is 0 Å². The molecule has 5 heteroatoms. The van der Waals surface area contributed by atoms with E-state index in [1.54, 1.807) is 18.2 Å². The molecule has 0 aliphatic carbocycles. The van der Waals surface area contributed by atoms with E-state index in [2.05, 4.69) is 48.1 Å². The van der Waals surface area contributed by atoms with Crippen LogP contribution in [0.25, 0.3) is 6.08 Å². The summed E-state index contributed by atoms with van der Waals surface area (Å²) in [7, 11) is 0. The molecule has 0 aromatic heterocycles. The molecule has 1 unspecified atom stereocenters. The SMILES string of the molecule is C=Cc1cc(CO)c(OCCOC(=O)c2ccc(C(CC(C)(C)C)C(C)(C)C)cc2)c(CO)c1. The Morgan fingerprint density at radius 1 is 0.971 bits per heavy atom. The molecule has 0 fully saturated rings. The number of carbonyl (C=O) groups excluding carboxylic acids is 1. The number of carbonyl (C=O) groups is 1. The van der Waals surface area contributed by atoms with Crippen LogP contribution in [0.2, 0.25) is 0 Å². The molecule has 2 aromatic carbocycles. The molecule has 0 saturated heterocycles. The number of hydrogen-bond donors (Lipinski definition) is 2. The molecule has 0 heterocycles. The van der Waals surface area contributed by atoms with Crippen molar-refractivity contribution in [2.75, 3.05) is 13.2 Å². The molecule has 186 valence electrons. The topological polar surface area (TPSA) is 76.0 Å². The van der Waals surface area contributed by atoms with E-state index in [0.717, 1.165) is 12.0 Å². The van der Waals surface area contributed by atoms with E-state index in [4.69, 9.17) is 9.47 Å². The minimum absolute atomic E-state index is 0.0498. The third-order valence-corrected chi connectivity index (χ3v) is 5.82. The van der Waals surface area contributed by atoms with Crippen LogP contribution < -0.4 is 4.74 Å². The standard InChI is InChI=1S/C29H40O5/c1-8-20-15-23(18-30)26(24(16-20)19-31)33-13-14-34-27(32)22-11-9-21(10-12-22)25(29(5,6)7)17-28(2,3)4/h8-12,15-16,25,30-31H,1,13-14,17-19H2,2-7H3. The predicted molar refractivity (Wildman–Crippen MR) is 137 cm³/mol. The first-order valence-electron chi connectivity index (χ1n) is 11.8. The van der Waals surface area contributed by atoms with E-state index in [9.17, 15) is 15.0 Å². The quantitative estimate of drug-likeness (QED) is 0.325. The summed E-state index contributed by atoms with van der Waals surface area (Å²) in [5.41, 5.74) is 3.91. The van der Waals surface area contributed by atoms with Crippen molar-refractivity contribution in [2.45, 2.75) is 67.1 Å². The van der Waals surface area contributed by atoms with Gasteiger partial charge >= 0.3 is 5.97 Å². The van der Waals surface area contributed by atoms with Crippen molar-refractivity contribution in [2.24, 2.45) is 10.8 Å². The first-order valence-corrected chi connectivity index (χ1v) is 11.8. The Hall–Kier alpha value is -2.63. The van der Waals surface area contributed by atoms with Crippen LogP contribution in [0.15, 0.2) is 43.0 Å². The Labute approximate surface area is 204 Å². The first kappa shape index (κ1) is 27.6. The van der Waals surface area contributed by atoms with Gasteiger partial charge in [0.2, 0.25) is 0 Å². The Bertz CT molecular complexity index is 936. The lowest BCUT2D eigenvalue weighted by molar-refractivity contribution is 0.0447. The summed E-state index contributed by atoms with van der Waals surface area (Å²) in [6.45, 7) is 16.9. The minimum atomic E-state index is -0.412. The molecular formula is C29H40O5. The largest absolute Gasteiger partial charge is 0.489 e. The average Bonchev–Trinajstić information content (AvgIpc) is 2.78. The van der Waals surface area contributed by atoms with E-state index in [1.165, 1.54) is 5.56 Å². The lowest BCUT2D eigenvalue weighted by Crippen LogP contribution is -2.24. The van der Waals surface area contributed by atoms with Gasteiger partial charge in [0.05, 0.1) is 18.8 Å². The number of rotatable bonds is 10. The molecule has 2 aromatic rings. The van der Waals surface area contributed by atoms with E-state index in [-0.39, 0.29) is 37.3 Å². The summed E-state index contributed by atoms with van der Waals surface area (Å²) >= 11 is 0. The van der Waals surface area contributed by atoms with Crippen molar-refractivity contribution in [3.05, 3.63) is 70.8 Å². The van der Waals surface area contributed by atoms with Crippen molar-refractivity contribution in [1.29, 1.82) is 0 Å². The average molecular weight is 469 g/mol. The van der Waals surface area contributed by atoms with Gasteiger partial charge in [-0.05, 0) is 58.6 Å². The summed E-state index contributed by atoms with van der Waals surface area (Å²) in [6.07, 6.45) is 2.69. The van der Waals surface area contributed by atoms with Crippen LogP contribution in [0.4, 0.5) is 0 Å². The highest BCUT2D eigenvalue weighted by Crippen LogP contribution is 2.43. The highest BCUT2D eigenvalue weighted by molar-refractivity contribution is 5.89. The van der Waals surface area contributed by atoms with Gasteiger partial charge in [-0.2, -0.15) is 0 Å². The number of esters is 1. The molecule has 0 spiro atoms. The van der Waals surface area contributed by atoms with Crippen LogP contribution in [0, 0.1) is 10.8 Å².